The third-order valence-corrected chi connectivity index (χ3v) is 1.22. The molecule has 76 valence electrons. The van der Waals surface area contributed by atoms with E-state index in [1.54, 1.807) is 6.92 Å². The third-order valence-electron chi connectivity index (χ3n) is 1.22. The minimum absolute atomic E-state index is 0.250. The zero-order valence-electron chi connectivity index (χ0n) is 8.91. The average Bonchev–Trinajstić information content (AvgIpc) is 2.15. The van der Waals surface area contributed by atoms with Crippen molar-refractivity contribution < 1.29 is 10.2 Å². The zero-order chi connectivity index (χ0) is 10.7. The van der Waals surface area contributed by atoms with Crippen LogP contribution in [0.4, 0.5) is 0 Å². The van der Waals surface area contributed by atoms with Gasteiger partial charge in [0, 0.05) is 13.7 Å². The van der Waals surface area contributed by atoms with Crippen molar-refractivity contribution in [3.63, 3.8) is 0 Å². The summed E-state index contributed by atoms with van der Waals surface area (Å²) >= 11 is 0. The number of aliphatic hydroxyl groups excluding tert-OH is 2. The van der Waals surface area contributed by atoms with Gasteiger partial charge in [-0.15, -0.1) is 0 Å². The molecule has 2 N–H and O–H groups in total. The van der Waals surface area contributed by atoms with E-state index in [0.717, 1.165) is 7.11 Å². The second kappa shape index (κ2) is 11.1. The van der Waals surface area contributed by atoms with E-state index in [9.17, 15) is 0 Å². The largest absolute Gasteiger partial charge is 0.400 e. The summed E-state index contributed by atoms with van der Waals surface area (Å²) in [5.74, 6) is 0. The van der Waals surface area contributed by atoms with Crippen LogP contribution < -0.4 is 0 Å². The summed E-state index contributed by atoms with van der Waals surface area (Å²) in [6.45, 7) is 6.12. The highest BCUT2D eigenvalue weighted by molar-refractivity contribution is 5.19. The number of rotatable bonds is 0. The highest BCUT2D eigenvalue weighted by Gasteiger charge is 1.79. The molecular formula is C11H20O2. The molecule has 0 aromatic heterocycles. The lowest BCUT2D eigenvalue weighted by molar-refractivity contribution is 0.318. The molecule has 0 aliphatic heterocycles. The van der Waals surface area contributed by atoms with E-state index in [1.165, 1.54) is 11.1 Å². The van der Waals surface area contributed by atoms with Gasteiger partial charge in [0.1, 0.15) is 0 Å². The average molecular weight is 184 g/mol. The predicted octanol–water partition coefficient (Wildman–Crippen LogP) is 1.91. The van der Waals surface area contributed by atoms with Crippen LogP contribution in [0.1, 0.15) is 18.1 Å². The molecule has 0 saturated carbocycles. The molecule has 13 heavy (non-hydrogen) atoms. The molecule has 0 atom stereocenters. The standard InChI is InChI=1S/C8H10.C2H6O.CH4O/c1-7-3-5-8(2)6-4-7;1-2-3;1-2/h3-6H,1-2H3;3H,2H2,1H3;2H,1H3. The second-order valence-corrected chi connectivity index (χ2v) is 2.47. The molecule has 0 spiro atoms. The molecule has 0 fully saturated rings. The van der Waals surface area contributed by atoms with Crippen LogP contribution in [0.2, 0.25) is 0 Å². The maximum atomic E-state index is 7.57. The molecule has 0 aliphatic carbocycles. The molecule has 1 aromatic carbocycles. The number of aliphatic hydroxyl groups is 2. The Balaban J connectivity index is 0. The predicted molar refractivity (Wildman–Crippen MR) is 56.8 cm³/mol. The van der Waals surface area contributed by atoms with Gasteiger partial charge in [-0.05, 0) is 20.8 Å². The van der Waals surface area contributed by atoms with Gasteiger partial charge in [0.05, 0.1) is 0 Å². The topological polar surface area (TPSA) is 40.5 Å². The van der Waals surface area contributed by atoms with Gasteiger partial charge in [0.2, 0.25) is 0 Å². The van der Waals surface area contributed by atoms with Gasteiger partial charge in [-0.3, -0.25) is 0 Å². The Morgan fingerprint density at radius 2 is 1.08 bits per heavy atom. The maximum Gasteiger partial charge on any atom is 0.0402 e. The summed E-state index contributed by atoms with van der Waals surface area (Å²) in [6, 6.07) is 8.48. The van der Waals surface area contributed by atoms with Gasteiger partial charge in [0.25, 0.3) is 0 Å². The molecule has 1 aromatic rings. The Bertz CT molecular complexity index is 159. The highest BCUT2D eigenvalue weighted by Crippen LogP contribution is 1.99. The Morgan fingerprint density at radius 1 is 0.923 bits per heavy atom. The van der Waals surface area contributed by atoms with E-state index in [0.29, 0.717) is 0 Å². The van der Waals surface area contributed by atoms with Gasteiger partial charge < -0.3 is 10.2 Å². The van der Waals surface area contributed by atoms with Crippen LogP contribution in [0.5, 0.6) is 0 Å². The normalized spacial score (nSPS) is 7.54. The fraction of sp³-hybridized carbons (Fsp3) is 0.455. The van der Waals surface area contributed by atoms with Crippen LogP contribution in [0.25, 0.3) is 0 Å². The van der Waals surface area contributed by atoms with Crippen molar-refractivity contribution >= 4 is 0 Å². The quantitative estimate of drug-likeness (QED) is 0.646. The first-order valence-electron chi connectivity index (χ1n) is 4.29. The first-order valence-corrected chi connectivity index (χ1v) is 4.29. The smallest absolute Gasteiger partial charge is 0.0402 e. The summed E-state index contributed by atoms with van der Waals surface area (Å²) in [6.07, 6.45) is 0. The second-order valence-electron chi connectivity index (χ2n) is 2.47. The van der Waals surface area contributed by atoms with Crippen molar-refractivity contribution in [1.29, 1.82) is 0 Å². The first-order chi connectivity index (χ1) is 6.20. The van der Waals surface area contributed by atoms with Gasteiger partial charge in [0.15, 0.2) is 0 Å². The number of hydrogen-bond acceptors (Lipinski definition) is 2. The Labute approximate surface area is 80.9 Å². The first kappa shape index (κ1) is 14.7. The van der Waals surface area contributed by atoms with Crippen molar-refractivity contribution in [2.75, 3.05) is 13.7 Å². The van der Waals surface area contributed by atoms with Crippen LogP contribution in [-0.4, -0.2) is 23.9 Å². The van der Waals surface area contributed by atoms with Crippen LogP contribution >= 0.6 is 0 Å². The number of aryl methyl sites for hydroxylation is 2. The minimum atomic E-state index is 0.250. The lowest BCUT2D eigenvalue weighted by atomic mass is 10.2. The Kier molecular flexibility index (Phi) is 12.6. The van der Waals surface area contributed by atoms with Crippen molar-refractivity contribution in [2.45, 2.75) is 20.8 Å². The van der Waals surface area contributed by atoms with Gasteiger partial charge in [-0.25, -0.2) is 0 Å². The highest BCUT2D eigenvalue weighted by atomic mass is 16.2. The van der Waals surface area contributed by atoms with E-state index >= 15 is 0 Å². The van der Waals surface area contributed by atoms with Crippen molar-refractivity contribution in [3.05, 3.63) is 35.4 Å². The van der Waals surface area contributed by atoms with E-state index < -0.39 is 0 Å². The van der Waals surface area contributed by atoms with Gasteiger partial charge in [-0.1, -0.05) is 35.4 Å². The molecule has 2 nitrogen and oxygen atoms in total. The van der Waals surface area contributed by atoms with E-state index in [2.05, 4.69) is 38.1 Å². The monoisotopic (exact) mass is 184 g/mol. The van der Waals surface area contributed by atoms with Gasteiger partial charge in [-0.2, -0.15) is 0 Å². The SMILES string of the molecule is CCO.CO.Cc1ccc(C)cc1. The molecule has 0 bridgehead atoms. The van der Waals surface area contributed by atoms with Gasteiger partial charge >= 0.3 is 0 Å². The Hall–Kier alpha value is -0.860. The summed E-state index contributed by atoms with van der Waals surface area (Å²) in [5.41, 5.74) is 2.66. The number of benzene rings is 1. The minimum Gasteiger partial charge on any atom is -0.400 e. The molecule has 0 unspecified atom stereocenters. The molecular weight excluding hydrogens is 164 g/mol. The van der Waals surface area contributed by atoms with Crippen molar-refractivity contribution in [2.24, 2.45) is 0 Å². The lowest BCUT2D eigenvalue weighted by Gasteiger charge is -1.90. The summed E-state index contributed by atoms with van der Waals surface area (Å²) < 4.78 is 0. The third kappa shape index (κ3) is 11.1. The summed E-state index contributed by atoms with van der Waals surface area (Å²) in [7, 11) is 1.00. The van der Waals surface area contributed by atoms with E-state index in [-0.39, 0.29) is 6.61 Å². The number of hydrogen-bond donors (Lipinski definition) is 2. The molecule has 2 heteroatoms. The molecule has 1 rings (SSSR count). The van der Waals surface area contributed by atoms with E-state index in [4.69, 9.17) is 10.2 Å². The van der Waals surface area contributed by atoms with Crippen LogP contribution in [-0.2, 0) is 0 Å². The fourth-order valence-corrected chi connectivity index (χ4v) is 0.637. The molecule has 0 heterocycles. The fourth-order valence-electron chi connectivity index (χ4n) is 0.637. The van der Waals surface area contributed by atoms with Crippen LogP contribution in [0.3, 0.4) is 0 Å². The lowest BCUT2D eigenvalue weighted by Crippen LogP contribution is -1.70. The van der Waals surface area contributed by atoms with Crippen molar-refractivity contribution in [3.8, 4) is 0 Å². The zero-order valence-corrected chi connectivity index (χ0v) is 8.91. The summed E-state index contributed by atoms with van der Waals surface area (Å²) in [5, 5.41) is 14.6. The summed E-state index contributed by atoms with van der Waals surface area (Å²) in [4.78, 5) is 0. The molecule has 0 saturated heterocycles. The molecule has 0 amide bonds. The molecule has 0 radical (unpaired) electrons. The maximum absolute atomic E-state index is 7.57. The van der Waals surface area contributed by atoms with Crippen LogP contribution in [0, 0.1) is 13.8 Å². The molecule has 0 aliphatic rings. The van der Waals surface area contributed by atoms with E-state index in [1.807, 2.05) is 0 Å². The van der Waals surface area contributed by atoms with Crippen LogP contribution in [0.15, 0.2) is 24.3 Å². The van der Waals surface area contributed by atoms with Crippen molar-refractivity contribution in [1.82, 2.24) is 0 Å². The Morgan fingerprint density at radius 3 is 1.23 bits per heavy atom.